The average molecular weight is 526 g/mol. The van der Waals surface area contributed by atoms with Gasteiger partial charge < -0.3 is 15.1 Å². The molecule has 2 aromatic rings. The van der Waals surface area contributed by atoms with Gasteiger partial charge in [-0.05, 0) is 64.3 Å². The fourth-order valence-electron chi connectivity index (χ4n) is 3.39. The van der Waals surface area contributed by atoms with Crippen molar-refractivity contribution in [2.24, 2.45) is 10.2 Å². The predicted octanol–water partition coefficient (Wildman–Crippen LogP) is 4.19. The summed E-state index contributed by atoms with van der Waals surface area (Å²) in [6, 6.07) is 17.2. The van der Waals surface area contributed by atoms with E-state index in [-0.39, 0.29) is 5.91 Å². The maximum absolute atomic E-state index is 11.5. The van der Waals surface area contributed by atoms with Crippen LogP contribution in [0.25, 0.3) is 0 Å². The van der Waals surface area contributed by atoms with Gasteiger partial charge in [-0.15, -0.1) is 0 Å². The first-order chi connectivity index (χ1) is 17.3. The second kappa shape index (κ2) is 14.9. The molecule has 0 aromatic heterocycles. The zero-order valence-electron chi connectivity index (χ0n) is 21.5. The molecule has 2 rings (SSSR count). The van der Waals surface area contributed by atoms with Gasteiger partial charge in [-0.1, -0.05) is 42.5 Å². The van der Waals surface area contributed by atoms with E-state index >= 15 is 0 Å². The van der Waals surface area contributed by atoms with E-state index in [1.807, 2.05) is 92.1 Å². The Hall–Kier alpha value is -3.37. The second-order valence-corrected chi connectivity index (χ2v) is 8.50. The van der Waals surface area contributed by atoms with E-state index in [4.69, 9.17) is 34.6 Å². The fraction of sp³-hybridized carbons (Fsp3) is 0.346. The van der Waals surface area contributed by atoms with Crippen LogP contribution in [0.3, 0.4) is 0 Å². The van der Waals surface area contributed by atoms with Crippen molar-refractivity contribution in [1.29, 1.82) is 0 Å². The van der Waals surface area contributed by atoms with Gasteiger partial charge in [0, 0.05) is 49.9 Å². The maximum atomic E-state index is 11.5. The summed E-state index contributed by atoms with van der Waals surface area (Å²) >= 11 is 11.1. The summed E-state index contributed by atoms with van der Waals surface area (Å²) in [7, 11) is 0. The lowest BCUT2D eigenvalue weighted by Gasteiger charge is -2.22. The molecule has 0 radical (unpaired) electrons. The Morgan fingerprint density at radius 1 is 0.722 bits per heavy atom. The van der Waals surface area contributed by atoms with Gasteiger partial charge in [0.2, 0.25) is 5.91 Å². The first-order valence-electron chi connectivity index (χ1n) is 12.0. The van der Waals surface area contributed by atoms with E-state index in [0.717, 1.165) is 37.3 Å². The minimum absolute atomic E-state index is 0.136. The molecule has 10 heteroatoms. The number of nitrogens with one attached hydrogen (secondary N) is 3. The van der Waals surface area contributed by atoms with Crippen molar-refractivity contribution in [3.05, 3.63) is 65.7 Å². The van der Waals surface area contributed by atoms with E-state index in [1.54, 1.807) is 0 Å². The maximum Gasteiger partial charge on any atom is 0.221 e. The van der Waals surface area contributed by atoms with Crippen LogP contribution in [0.2, 0.25) is 0 Å². The third-order valence-corrected chi connectivity index (χ3v) is 6.08. The first kappa shape index (κ1) is 28.9. The molecule has 2 aromatic carbocycles. The molecule has 0 saturated carbocycles. The van der Waals surface area contributed by atoms with Crippen molar-refractivity contribution in [2.45, 2.75) is 34.6 Å². The molecule has 8 nitrogen and oxygen atoms in total. The Morgan fingerprint density at radius 2 is 1.14 bits per heavy atom. The molecule has 3 N–H and O–H groups in total. The molecule has 0 aliphatic rings. The quantitative estimate of drug-likeness (QED) is 0.244. The lowest BCUT2D eigenvalue weighted by molar-refractivity contribution is -0.114. The van der Waals surface area contributed by atoms with Crippen LogP contribution in [-0.2, 0) is 4.79 Å². The van der Waals surface area contributed by atoms with Crippen molar-refractivity contribution < 1.29 is 4.79 Å². The van der Waals surface area contributed by atoms with E-state index in [1.165, 1.54) is 6.92 Å². The van der Waals surface area contributed by atoms with Crippen molar-refractivity contribution in [3.8, 4) is 0 Å². The minimum Gasteiger partial charge on any atom is -0.348 e. The number of hydrogen-bond donors (Lipinski definition) is 3. The topological polar surface area (TPSA) is 84.4 Å². The number of rotatable bonds is 10. The molecule has 0 saturated heterocycles. The third kappa shape index (κ3) is 8.39. The van der Waals surface area contributed by atoms with Crippen LogP contribution >= 0.6 is 24.4 Å². The van der Waals surface area contributed by atoms with Gasteiger partial charge in [0.1, 0.15) is 11.4 Å². The largest absolute Gasteiger partial charge is 0.348 e. The van der Waals surface area contributed by atoms with Crippen LogP contribution in [0.15, 0.2) is 64.8 Å². The lowest BCUT2D eigenvalue weighted by Crippen LogP contribution is -2.39. The summed E-state index contributed by atoms with van der Waals surface area (Å²) in [6.07, 6.45) is 0. The van der Waals surface area contributed by atoms with Gasteiger partial charge >= 0.3 is 0 Å². The Bertz CT molecular complexity index is 1080. The standard InChI is InChI=1S/C26H35N7OS2/c1-6-32(7-2)25(35)30-28-23(20-13-11-10-12-14-20)24(29-31-26(36)33(8-3)9-4)21-15-17-22(18-16-21)27-19(5)34/h10-18H,6-9H2,1-5H3,(H,27,34)(H,30,35)(H,31,36)/b28-23+,29-24+. The molecule has 1 amide bonds. The van der Waals surface area contributed by atoms with Crippen LogP contribution in [0.1, 0.15) is 45.7 Å². The SMILES string of the molecule is CCN(CC)C(=S)N/N=C(/C(=N/NC(=S)N(CC)CC)c1ccc(NC(C)=O)cc1)c1ccccc1. The highest BCUT2D eigenvalue weighted by molar-refractivity contribution is 7.80. The number of benzene rings is 2. The molecule has 192 valence electrons. The highest BCUT2D eigenvalue weighted by atomic mass is 32.1. The van der Waals surface area contributed by atoms with Crippen molar-refractivity contribution in [2.75, 3.05) is 31.5 Å². The molecule has 0 spiro atoms. The van der Waals surface area contributed by atoms with Crippen LogP contribution < -0.4 is 16.2 Å². The van der Waals surface area contributed by atoms with Gasteiger partial charge in [-0.3, -0.25) is 15.6 Å². The molecule has 0 aliphatic heterocycles. The second-order valence-electron chi connectivity index (χ2n) is 7.72. The molecular formula is C26H35N7OS2. The lowest BCUT2D eigenvalue weighted by atomic mass is 9.99. The summed E-state index contributed by atoms with van der Waals surface area (Å²) in [5.41, 5.74) is 9.57. The van der Waals surface area contributed by atoms with Crippen molar-refractivity contribution >= 4 is 57.7 Å². The highest BCUT2D eigenvalue weighted by Gasteiger charge is 2.17. The molecule has 0 atom stereocenters. The van der Waals surface area contributed by atoms with Crippen molar-refractivity contribution in [1.82, 2.24) is 20.7 Å². The summed E-state index contributed by atoms with van der Waals surface area (Å²) in [5, 5.41) is 13.3. The number of hydrogen-bond acceptors (Lipinski definition) is 5. The molecular weight excluding hydrogens is 490 g/mol. The van der Waals surface area contributed by atoms with E-state index in [9.17, 15) is 4.79 Å². The zero-order chi connectivity index (χ0) is 26.5. The summed E-state index contributed by atoms with van der Waals surface area (Å²) < 4.78 is 0. The van der Waals surface area contributed by atoms with Crippen LogP contribution in [-0.4, -0.2) is 63.5 Å². The number of carbonyl (C=O) groups is 1. The Morgan fingerprint density at radius 3 is 1.53 bits per heavy atom. The summed E-state index contributed by atoms with van der Waals surface area (Å²) in [5.74, 6) is -0.136. The number of thiocarbonyl (C=S) groups is 2. The van der Waals surface area contributed by atoms with Gasteiger partial charge in [0.15, 0.2) is 10.2 Å². The van der Waals surface area contributed by atoms with E-state index in [0.29, 0.717) is 27.3 Å². The van der Waals surface area contributed by atoms with Crippen LogP contribution in [0, 0.1) is 0 Å². The van der Waals surface area contributed by atoms with Gasteiger partial charge in [-0.25, -0.2) is 0 Å². The average Bonchev–Trinajstić information content (AvgIpc) is 2.88. The van der Waals surface area contributed by atoms with Gasteiger partial charge in [-0.2, -0.15) is 10.2 Å². The van der Waals surface area contributed by atoms with Crippen LogP contribution in [0.5, 0.6) is 0 Å². The smallest absolute Gasteiger partial charge is 0.221 e. The zero-order valence-corrected chi connectivity index (χ0v) is 23.2. The molecule has 0 fully saturated rings. The number of nitrogens with zero attached hydrogens (tertiary/aromatic N) is 4. The highest BCUT2D eigenvalue weighted by Crippen LogP contribution is 2.14. The van der Waals surface area contributed by atoms with E-state index < -0.39 is 0 Å². The Labute approximate surface area is 224 Å². The Balaban J connectivity index is 2.58. The van der Waals surface area contributed by atoms with Crippen molar-refractivity contribution in [3.63, 3.8) is 0 Å². The first-order valence-corrected chi connectivity index (χ1v) is 12.8. The molecule has 0 heterocycles. The predicted molar refractivity (Wildman–Crippen MR) is 158 cm³/mol. The number of carbonyl (C=O) groups excluding carboxylic acids is 1. The minimum atomic E-state index is -0.136. The molecule has 0 bridgehead atoms. The summed E-state index contributed by atoms with van der Waals surface area (Å²) in [4.78, 5) is 15.5. The summed E-state index contributed by atoms with van der Waals surface area (Å²) in [6.45, 7) is 12.7. The number of anilines is 1. The van der Waals surface area contributed by atoms with Gasteiger partial charge in [0.25, 0.3) is 0 Å². The van der Waals surface area contributed by atoms with Crippen LogP contribution in [0.4, 0.5) is 5.69 Å². The third-order valence-electron chi connectivity index (χ3n) is 5.38. The molecule has 36 heavy (non-hydrogen) atoms. The molecule has 0 aliphatic carbocycles. The Kier molecular flexibility index (Phi) is 11.9. The van der Waals surface area contributed by atoms with E-state index in [2.05, 4.69) is 16.2 Å². The normalized spacial score (nSPS) is 11.5. The fourth-order valence-corrected chi connectivity index (χ4v) is 4.00. The number of hydrazone groups is 2. The molecule has 0 unspecified atom stereocenters. The number of amides is 1. The van der Waals surface area contributed by atoms with Gasteiger partial charge in [0.05, 0.1) is 0 Å². The monoisotopic (exact) mass is 525 g/mol.